The molecule has 0 spiro atoms. The van der Waals surface area contributed by atoms with Crippen molar-refractivity contribution in [3.63, 3.8) is 0 Å². The highest BCUT2D eigenvalue weighted by Crippen LogP contribution is 2.32. The van der Waals surface area contributed by atoms with E-state index in [1.54, 1.807) is 30.3 Å². The normalized spacial score (nSPS) is 10.1. The summed E-state index contributed by atoms with van der Waals surface area (Å²) in [7, 11) is 0. The van der Waals surface area contributed by atoms with Crippen LogP contribution in [0.5, 0.6) is 0 Å². The SMILES string of the molecule is O=C(O)c1cc(Cl)c(NC(=O)c2ccccc2)c(Cl)c1. The lowest BCUT2D eigenvalue weighted by molar-refractivity contribution is 0.0696. The number of carboxylic acid groups (broad SMARTS) is 1. The molecule has 2 rings (SSSR count). The molecule has 0 saturated heterocycles. The number of nitrogens with one attached hydrogen (secondary N) is 1. The fourth-order valence-corrected chi connectivity index (χ4v) is 2.17. The highest BCUT2D eigenvalue weighted by atomic mass is 35.5. The first kappa shape index (κ1) is 14.4. The first-order chi connectivity index (χ1) is 9.49. The van der Waals surface area contributed by atoms with Crippen molar-refractivity contribution in [1.82, 2.24) is 0 Å². The molecule has 0 radical (unpaired) electrons. The van der Waals surface area contributed by atoms with Crippen LogP contribution in [0.25, 0.3) is 0 Å². The second-order valence-corrected chi connectivity index (χ2v) is 4.75. The van der Waals surface area contributed by atoms with Crippen LogP contribution in [-0.4, -0.2) is 17.0 Å². The summed E-state index contributed by atoms with van der Waals surface area (Å²) < 4.78 is 0. The van der Waals surface area contributed by atoms with E-state index in [1.165, 1.54) is 12.1 Å². The molecule has 2 aromatic carbocycles. The van der Waals surface area contributed by atoms with Gasteiger partial charge >= 0.3 is 5.97 Å². The molecule has 0 aliphatic heterocycles. The number of hydrogen-bond donors (Lipinski definition) is 2. The average Bonchev–Trinajstić information content (AvgIpc) is 2.43. The lowest BCUT2D eigenvalue weighted by Gasteiger charge is -2.10. The van der Waals surface area contributed by atoms with Gasteiger partial charge in [-0.25, -0.2) is 4.79 Å². The standard InChI is InChI=1S/C14H9Cl2NO3/c15-10-6-9(14(19)20)7-11(16)12(10)17-13(18)8-4-2-1-3-5-8/h1-7H,(H,17,18)(H,19,20). The van der Waals surface area contributed by atoms with Crippen molar-refractivity contribution in [1.29, 1.82) is 0 Å². The molecular weight excluding hydrogens is 301 g/mol. The Balaban J connectivity index is 2.31. The van der Waals surface area contributed by atoms with E-state index in [4.69, 9.17) is 28.3 Å². The zero-order chi connectivity index (χ0) is 14.7. The summed E-state index contributed by atoms with van der Waals surface area (Å²) >= 11 is 11.9. The van der Waals surface area contributed by atoms with Crippen LogP contribution < -0.4 is 5.32 Å². The third-order valence-corrected chi connectivity index (χ3v) is 3.16. The van der Waals surface area contributed by atoms with E-state index in [9.17, 15) is 9.59 Å². The van der Waals surface area contributed by atoms with E-state index in [1.807, 2.05) is 0 Å². The van der Waals surface area contributed by atoms with Gasteiger partial charge in [0.1, 0.15) is 0 Å². The van der Waals surface area contributed by atoms with E-state index in [2.05, 4.69) is 5.32 Å². The maximum absolute atomic E-state index is 12.0. The van der Waals surface area contributed by atoms with Gasteiger partial charge in [0.05, 0.1) is 21.3 Å². The first-order valence-corrected chi connectivity index (χ1v) is 6.33. The molecule has 20 heavy (non-hydrogen) atoms. The molecule has 0 unspecified atom stereocenters. The van der Waals surface area contributed by atoms with Gasteiger partial charge in [-0.2, -0.15) is 0 Å². The zero-order valence-electron chi connectivity index (χ0n) is 10.1. The molecule has 4 nitrogen and oxygen atoms in total. The molecule has 0 aliphatic carbocycles. The lowest BCUT2D eigenvalue weighted by Crippen LogP contribution is -2.12. The van der Waals surface area contributed by atoms with Gasteiger partial charge in [-0.15, -0.1) is 0 Å². The molecule has 102 valence electrons. The predicted molar refractivity (Wildman–Crippen MR) is 77.8 cm³/mol. The van der Waals surface area contributed by atoms with Gasteiger partial charge < -0.3 is 10.4 Å². The molecule has 0 saturated carbocycles. The number of halogens is 2. The number of carbonyl (C=O) groups is 2. The Kier molecular flexibility index (Phi) is 4.27. The molecule has 0 aliphatic rings. The monoisotopic (exact) mass is 309 g/mol. The summed E-state index contributed by atoms with van der Waals surface area (Å²) in [4.78, 5) is 22.8. The van der Waals surface area contributed by atoms with Crippen LogP contribution in [0, 0.1) is 0 Å². The summed E-state index contributed by atoms with van der Waals surface area (Å²) in [5.74, 6) is -1.52. The number of aromatic carboxylic acids is 1. The minimum Gasteiger partial charge on any atom is -0.478 e. The molecule has 0 fully saturated rings. The summed E-state index contributed by atoms with van der Waals surface area (Å²) in [6, 6.07) is 11.0. The molecule has 2 N–H and O–H groups in total. The fraction of sp³-hybridized carbons (Fsp3) is 0. The quantitative estimate of drug-likeness (QED) is 0.902. The van der Waals surface area contributed by atoms with E-state index in [0.29, 0.717) is 5.56 Å². The van der Waals surface area contributed by atoms with Gasteiger partial charge in [0.25, 0.3) is 5.91 Å². The highest BCUT2D eigenvalue weighted by Gasteiger charge is 2.15. The van der Waals surface area contributed by atoms with Gasteiger partial charge in [-0.3, -0.25) is 4.79 Å². The Hall–Kier alpha value is -2.04. The van der Waals surface area contributed by atoms with Crippen LogP contribution in [0.15, 0.2) is 42.5 Å². The molecule has 2 aromatic rings. The van der Waals surface area contributed by atoms with Crippen molar-refractivity contribution < 1.29 is 14.7 Å². The maximum Gasteiger partial charge on any atom is 0.335 e. The molecular formula is C14H9Cl2NO3. The Morgan fingerprint density at radius 3 is 2.00 bits per heavy atom. The first-order valence-electron chi connectivity index (χ1n) is 5.58. The van der Waals surface area contributed by atoms with Crippen LogP contribution in [0.3, 0.4) is 0 Å². The van der Waals surface area contributed by atoms with E-state index in [0.717, 1.165) is 0 Å². The van der Waals surface area contributed by atoms with Crippen LogP contribution in [-0.2, 0) is 0 Å². The predicted octanol–water partition coefficient (Wildman–Crippen LogP) is 3.94. The van der Waals surface area contributed by atoms with Gasteiger partial charge in [-0.05, 0) is 24.3 Å². The Bertz CT molecular complexity index is 648. The number of benzene rings is 2. The lowest BCUT2D eigenvalue weighted by atomic mass is 10.2. The smallest absolute Gasteiger partial charge is 0.335 e. The fourth-order valence-electron chi connectivity index (χ4n) is 1.59. The summed E-state index contributed by atoms with van der Waals surface area (Å²) in [6.07, 6.45) is 0. The van der Waals surface area contributed by atoms with Crippen molar-refractivity contribution >= 4 is 40.8 Å². The third-order valence-electron chi connectivity index (χ3n) is 2.56. The van der Waals surface area contributed by atoms with Gasteiger partial charge in [0.15, 0.2) is 0 Å². The van der Waals surface area contributed by atoms with Crippen molar-refractivity contribution in [3.8, 4) is 0 Å². The topological polar surface area (TPSA) is 66.4 Å². The Morgan fingerprint density at radius 1 is 0.950 bits per heavy atom. The minimum atomic E-state index is -1.14. The number of amides is 1. The van der Waals surface area contributed by atoms with Gasteiger partial charge in [0, 0.05) is 5.56 Å². The minimum absolute atomic E-state index is 0.0438. The number of anilines is 1. The van der Waals surface area contributed by atoms with Gasteiger partial charge in [0.2, 0.25) is 0 Å². The number of rotatable bonds is 3. The van der Waals surface area contributed by atoms with Crippen molar-refractivity contribution in [2.45, 2.75) is 0 Å². The van der Waals surface area contributed by atoms with Crippen LogP contribution in [0.4, 0.5) is 5.69 Å². The largest absolute Gasteiger partial charge is 0.478 e. The maximum atomic E-state index is 12.0. The van der Waals surface area contributed by atoms with Crippen molar-refractivity contribution in [2.24, 2.45) is 0 Å². The van der Waals surface area contributed by atoms with Crippen LogP contribution in [0.2, 0.25) is 10.0 Å². The van der Waals surface area contributed by atoms with Crippen LogP contribution in [0.1, 0.15) is 20.7 Å². The summed E-state index contributed by atoms with van der Waals surface area (Å²) in [5.41, 5.74) is 0.590. The molecule has 0 aromatic heterocycles. The Labute approximate surface area is 124 Å². The van der Waals surface area contributed by atoms with Crippen molar-refractivity contribution in [3.05, 3.63) is 63.6 Å². The van der Waals surface area contributed by atoms with Crippen LogP contribution >= 0.6 is 23.2 Å². The second kappa shape index (κ2) is 5.94. The molecule has 6 heteroatoms. The molecule has 0 atom stereocenters. The van der Waals surface area contributed by atoms with E-state index >= 15 is 0 Å². The van der Waals surface area contributed by atoms with E-state index < -0.39 is 5.97 Å². The molecule has 0 heterocycles. The third kappa shape index (κ3) is 3.10. The Morgan fingerprint density at radius 2 is 1.50 bits per heavy atom. The molecule has 0 bridgehead atoms. The number of hydrogen-bond acceptors (Lipinski definition) is 2. The highest BCUT2D eigenvalue weighted by molar-refractivity contribution is 6.40. The number of carbonyl (C=O) groups excluding carboxylic acids is 1. The molecule has 1 amide bonds. The average molecular weight is 310 g/mol. The second-order valence-electron chi connectivity index (χ2n) is 3.94. The summed E-state index contributed by atoms with van der Waals surface area (Å²) in [5, 5.41) is 11.6. The van der Waals surface area contributed by atoms with Crippen molar-refractivity contribution in [2.75, 3.05) is 5.32 Å². The zero-order valence-corrected chi connectivity index (χ0v) is 11.6. The van der Waals surface area contributed by atoms with E-state index in [-0.39, 0.29) is 27.2 Å². The van der Waals surface area contributed by atoms with Gasteiger partial charge in [-0.1, -0.05) is 41.4 Å². The summed E-state index contributed by atoms with van der Waals surface area (Å²) in [6.45, 7) is 0. The number of carboxylic acids is 1.